The minimum atomic E-state index is 0.617. The number of piperazine rings is 1. The van der Waals surface area contributed by atoms with Crippen molar-refractivity contribution in [3.05, 3.63) is 77.9 Å². The average molecular weight is 414 g/mol. The standard InChI is InChI=1S/C25H27N5O/c31-30-19-21-8-2-4-10-23(21)27-25(30)11-5-6-14-28-15-17-29(18-16-28)24-13-12-20-7-1-3-9-22(20)26-24/h1-4,7-10,12-13,19H,5-6,11,14-18H2. The predicted octanol–water partition coefficient (Wildman–Crippen LogP) is 3.56. The van der Waals surface area contributed by atoms with Gasteiger partial charge in [-0.25, -0.2) is 9.71 Å². The lowest BCUT2D eigenvalue weighted by atomic mass is 10.2. The van der Waals surface area contributed by atoms with E-state index in [1.165, 1.54) is 5.39 Å². The van der Waals surface area contributed by atoms with Crippen molar-refractivity contribution in [2.24, 2.45) is 0 Å². The number of benzene rings is 2. The summed E-state index contributed by atoms with van der Waals surface area (Å²) in [5.41, 5.74) is 1.95. The van der Waals surface area contributed by atoms with Crippen molar-refractivity contribution in [1.82, 2.24) is 14.9 Å². The molecule has 1 aliphatic heterocycles. The van der Waals surface area contributed by atoms with E-state index in [0.29, 0.717) is 5.82 Å². The first-order valence-electron chi connectivity index (χ1n) is 11.1. The summed E-state index contributed by atoms with van der Waals surface area (Å²) in [7, 11) is 0. The van der Waals surface area contributed by atoms with Gasteiger partial charge in [0.1, 0.15) is 12.0 Å². The lowest BCUT2D eigenvalue weighted by Crippen LogP contribution is -2.47. The van der Waals surface area contributed by atoms with Gasteiger partial charge in [-0.3, -0.25) is 4.90 Å². The number of aryl methyl sites for hydroxylation is 1. The number of para-hydroxylation sites is 2. The monoisotopic (exact) mass is 413 g/mol. The third-order valence-corrected chi connectivity index (χ3v) is 6.10. The molecule has 4 aromatic rings. The van der Waals surface area contributed by atoms with Crippen LogP contribution < -0.4 is 9.63 Å². The van der Waals surface area contributed by atoms with Gasteiger partial charge in [-0.2, -0.15) is 0 Å². The zero-order valence-electron chi connectivity index (χ0n) is 17.7. The lowest BCUT2D eigenvalue weighted by Gasteiger charge is -2.35. The Balaban J connectivity index is 1.10. The Labute approximate surface area is 182 Å². The van der Waals surface area contributed by atoms with Crippen LogP contribution >= 0.6 is 0 Å². The van der Waals surface area contributed by atoms with Gasteiger partial charge in [0.25, 0.3) is 0 Å². The maximum Gasteiger partial charge on any atom is 0.302 e. The van der Waals surface area contributed by atoms with Crippen molar-refractivity contribution >= 4 is 27.6 Å². The average Bonchev–Trinajstić information content (AvgIpc) is 2.82. The highest BCUT2D eigenvalue weighted by Gasteiger charge is 2.18. The van der Waals surface area contributed by atoms with E-state index in [9.17, 15) is 5.21 Å². The summed E-state index contributed by atoms with van der Waals surface area (Å²) >= 11 is 0. The zero-order valence-corrected chi connectivity index (χ0v) is 17.7. The third kappa shape index (κ3) is 4.44. The second kappa shape index (κ2) is 8.86. The van der Waals surface area contributed by atoms with E-state index in [2.05, 4.69) is 45.1 Å². The van der Waals surface area contributed by atoms with Crippen molar-refractivity contribution in [3.63, 3.8) is 0 Å². The van der Waals surface area contributed by atoms with Crippen LogP contribution in [-0.4, -0.2) is 47.6 Å². The highest BCUT2D eigenvalue weighted by atomic mass is 16.5. The van der Waals surface area contributed by atoms with E-state index < -0.39 is 0 Å². The quantitative estimate of drug-likeness (QED) is 0.275. The van der Waals surface area contributed by atoms with Gasteiger partial charge >= 0.3 is 5.82 Å². The third-order valence-electron chi connectivity index (χ3n) is 6.10. The Hall–Kier alpha value is -3.25. The molecule has 2 aromatic carbocycles. The van der Waals surface area contributed by atoms with Gasteiger partial charge < -0.3 is 10.1 Å². The molecule has 2 aromatic heterocycles. The van der Waals surface area contributed by atoms with Crippen LogP contribution in [0.1, 0.15) is 18.7 Å². The predicted molar refractivity (Wildman–Crippen MR) is 124 cm³/mol. The minimum absolute atomic E-state index is 0.617. The van der Waals surface area contributed by atoms with Crippen molar-refractivity contribution in [3.8, 4) is 0 Å². The molecule has 0 atom stereocenters. The molecule has 6 nitrogen and oxygen atoms in total. The molecule has 1 fully saturated rings. The van der Waals surface area contributed by atoms with E-state index >= 15 is 0 Å². The Kier molecular flexibility index (Phi) is 5.63. The number of rotatable bonds is 6. The van der Waals surface area contributed by atoms with Crippen molar-refractivity contribution in [1.29, 1.82) is 0 Å². The molecule has 1 aliphatic rings. The van der Waals surface area contributed by atoms with Crippen LogP contribution in [0, 0.1) is 5.21 Å². The molecule has 5 rings (SSSR count). The van der Waals surface area contributed by atoms with Gasteiger partial charge in [0.05, 0.1) is 17.3 Å². The first kappa shape index (κ1) is 19.7. The number of pyridine rings is 1. The Bertz CT molecular complexity index is 1190. The first-order valence-corrected chi connectivity index (χ1v) is 11.1. The maximum absolute atomic E-state index is 12.2. The highest BCUT2D eigenvalue weighted by Crippen LogP contribution is 2.19. The van der Waals surface area contributed by atoms with Gasteiger partial charge in [0, 0.05) is 31.6 Å². The molecule has 0 saturated carbocycles. The fourth-order valence-electron chi connectivity index (χ4n) is 4.30. The Morgan fingerprint density at radius 3 is 2.29 bits per heavy atom. The van der Waals surface area contributed by atoms with Crippen LogP contribution in [0.3, 0.4) is 0 Å². The molecule has 31 heavy (non-hydrogen) atoms. The van der Waals surface area contributed by atoms with Crippen molar-refractivity contribution < 1.29 is 4.73 Å². The summed E-state index contributed by atoms with van der Waals surface area (Å²) in [6, 6.07) is 20.3. The van der Waals surface area contributed by atoms with Crippen LogP contribution in [0.5, 0.6) is 0 Å². The number of fused-ring (bicyclic) bond motifs is 2. The smallest absolute Gasteiger partial charge is 0.302 e. The molecule has 3 heterocycles. The van der Waals surface area contributed by atoms with Crippen molar-refractivity contribution in [2.45, 2.75) is 19.3 Å². The van der Waals surface area contributed by atoms with Crippen LogP contribution in [0.15, 0.2) is 66.9 Å². The topological polar surface area (TPSA) is 59.2 Å². The van der Waals surface area contributed by atoms with E-state index in [-0.39, 0.29) is 0 Å². The molecule has 0 spiro atoms. The second-order valence-electron chi connectivity index (χ2n) is 8.19. The molecule has 1 saturated heterocycles. The van der Waals surface area contributed by atoms with Crippen molar-refractivity contribution in [2.75, 3.05) is 37.6 Å². The molecule has 0 bridgehead atoms. The van der Waals surface area contributed by atoms with E-state index in [1.54, 1.807) is 6.20 Å². The SMILES string of the molecule is [O-][n+]1cc2ccccc2nc1CCCCN1CCN(c2ccc3ccccc3n2)CC1. The highest BCUT2D eigenvalue weighted by molar-refractivity contribution is 5.80. The summed E-state index contributed by atoms with van der Waals surface area (Å²) in [6.07, 6.45) is 4.40. The number of unbranched alkanes of at least 4 members (excludes halogenated alkanes) is 1. The van der Waals surface area contributed by atoms with Crippen LogP contribution in [0.4, 0.5) is 5.82 Å². The molecule has 0 N–H and O–H groups in total. The molecular formula is C25H27N5O. The molecule has 6 heteroatoms. The van der Waals surface area contributed by atoms with E-state index in [1.807, 2.05) is 30.3 Å². The first-order chi connectivity index (χ1) is 15.3. The van der Waals surface area contributed by atoms with Crippen LogP contribution in [0.2, 0.25) is 0 Å². The number of anilines is 1. The van der Waals surface area contributed by atoms with E-state index in [4.69, 9.17) is 4.98 Å². The fraction of sp³-hybridized carbons (Fsp3) is 0.320. The molecule has 0 unspecified atom stereocenters. The summed E-state index contributed by atoms with van der Waals surface area (Å²) in [5.74, 6) is 1.69. The largest absolute Gasteiger partial charge is 0.711 e. The molecule has 0 amide bonds. The summed E-state index contributed by atoms with van der Waals surface area (Å²) in [5, 5.41) is 14.3. The van der Waals surface area contributed by atoms with Gasteiger partial charge in [-0.05, 0) is 54.7 Å². The molecule has 0 aliphatic carbocycles. The zero-order chi connectivity index (χ0) is 21.0. The molecular weight excluding hydrogens is 386 g/mol. The number of hydrogen-bond donors (Lipinski definition) is 0. The maximum atomic E-state index is 12.2. The van der Waals surface area contributed by atoms with Gasteiger partial charge in [0.15, 0.2) is 5.52 Å². The molecule has 0 radical (unpaired) electrons. The van der Waals surface area contributed by atoms with Crippen LogP contribution in [0.25, 0.3) is 21.8 Å². The van der Waals surface area contributed by atoms with Gasteiger partial charge in [-0.15, -0.1) is 0 Å². The summed E-state index contributed by atoms with van der Waals surface area (Å²) < 4.78 is 0.928. The van der Waals surface area contributed by atoms with Gasteiger partial charge in [-0.1, -0.05) is 30.3 Å². The Morgan fingerprint density at radius 1 is 0.774 bits per heavy atom. The number of aromatic nitrogens is 3. The number of nitrogens with zero attached hydrogens (tertiary/aromatic N) is 5. The summed E-state index contributed by atoms with van der Waals surface area (Å²) in [4.78, 5) is 14.3. The minimum Gasteiger partial charge on any atom is -0.711 e. The normalized spacial score (nSPS) is 15.0. The summed E-state index contributed by atoms with van der Waals surface area (Å²) in [6.45, 7) is 5.15. The van der Waals surface area contributed by atoms with E-state index in [0.717, 1.165) is 79.0 Å². The van der Waals surface area contributed by atoms with Crippen LogP contribution in [-0.2, 0) is 6.42 Å². The lowest BCUT2D eigenvalue weighted by molar-refractivity contribution is -0.616. The Morgan fingerprint density at radius 2 is 1.48 bits per heavy atom. The fourth-order valence-corrected chi connectivity index (χ4v) is 4.30. The second-order valence-corrected chi connectivity index (χ2v) is 8.19. The molecule has 158 valence electrons. The number of hydrogen-bond acceptors (Lipinski definition) is 5. The van der Waals surface area contributed by atoms with Gasteiger partial charge in [0.2, 0.25) is 0 Å².